The van der Waals surface area contributed by atoms with Gasteiger partial charge in [0.05, 0.1) is 21.6 Å². The van der Waals surface area contributed by atoms with Crippen molar-refractivity contribution >= 4 is 40.5 Å². The summed E-state index contributed by atoms with van der Waals surface area (Å²) in [6.07, 6.45) is 0. The Morgan fingerprint density at radius 1 is 1.09 bits per heavy atom. The average molecular weight is 206 g/mol. The smallest absolute Gasteiger partial charge is 0.190 e. The third kappa shape index (κ3) is 1.78. The lowest BCUT2D eigenvalue weighted by molar-refractivity contribution is 1.71. The number of halogens is 3. The van der Waals surface area contributed by atoms with E-state index in [1.165, 1.54) is 12.1 Å². The molecule has 0 bridgehead atoms. The number of hydrogen-bond donors (Lipinski definition) is 0. The molecule has 0 aliphatic rings. The SMILES string of the molecule is [C-]#[N+]c1cc(Cl)c(Cl)c(Cl)c1. The molecule has 0 amide bonds. The second-order valence-electron chi connectivity index (χ2n) is 1.84. The zero-order chi connectivity index (χ0) is 8.43. The fourth-order valence-electron chi connectivity index (χ4n) is 0.607. The van der Waals surface area contributed by atoms with Crippen molar-refractivity contribution in [2.24, 2.45) is 0 Å². The van der Waals surface area contributed by atoms with E-state index < -0.39 is 0 Å². The first-order valence-electron chi connectivity index (χ1n) is 2.67. The summed E-state index contributed by atoms with van der Waals surface area (Å²) in [5.41, 5.74) is 0.393. The lowest BCUT2D eigenvalue weighted by Crippen LogP contribution is -1.70. The van der Waals surface area contributed by atoms with Crippen molar-refractivity contribution in [2.45, 2.75) is 0 Å². The van der Waals surface area contributed by atoms with Crippen molar-refractivity contribution in [2.75, 3.05) is 0 Å². The first-order valence-corrected chi connectivity index (χ1v) is 3.80. The number of nitrogens with zero attached hydrogens (tertiary/aromatic N) is 1. The summed E-state index contributed by atoms with van der Waals surface area (Å²) in [5, 5.41) is 0.913. The van der Waals surface area contributed by atoms with Crippen LogP contribution in [0, 0.1) is 6.57 Å². The number of hydrogen-bond acceptors (Lipinski definition) is 0. The van der Waals surface area contributed by atoms with Crippen molar-refractivity contribution < 1.29 is 0 Å². The zero-order valence-electron chi connectivity index (χ0n) is 5.24. The Morgan fingerprint density at radius 3 is 1.91 bits per heavy atom. The van der Waals surface area contributed by atoms with Crippen LogP contribution in [0.4, 0.5) is 5.69 Å². The lowest BCUT2D eigenvalue weighted by atomic mass is 10.3. The average Bonchev–Trinajstić information content (AvgIpc) is 1.99. The molecule has 0 heterocycles. The molecule has 0 spiro atoms. The van der Waals surface area contributed by atoms with Crippen LogP contribution in [-0.4, -0.2) is 0 Å². The maximum atomic E-state index is 6.67. The summed E-state index contributed by atoms with van der Waals surface area (Å²) in [7, 11) is 0. The highest BCUT2D eigenvalue weighted by Gasteiger charge is 2.04. The molecule has 0 aliphatic heterocycles. The van der Waals surface area contributed by atoms with Gasteiger partial charge in [-0.05, 0) is 12.1 Å². The van der Waals surface area contributed by atoms with Crippen LogP contribution in [0.5, 0.6) is 0 Å². The Kier molecular flexibility index (Phi) is 2.62. The van der Waals surface area contributed by atoms with Crippen LogP contribution in [0.25, 0.3) is 4.85 Å². The Bertz CT molecular complexity index is 304. The Balaban J connectivity index is 3.35. The third-order valence-corrected chi connectivity index (χ3v) is 2.29. The Labute approximate surface area is 79.3 Å². The van der Waals surface area contributed by atoms with Gasteiger partial charge in [-0.15, -0.1) is 0 Å². The van der Waals surface area contributed by atoms with Gasteiger partial charge in [-0.3, -0.25) is 0 Å². The fourth-order valence-corrected chi connectivity index (χ4v) is 1.19. The molecule has 0 saturated heterocycles. The van der Waals surface area contributed by atoms with E-state index in [4.69, 9.17) is 41.4 Å². The maximum absolute atomic E-state index is 6.67. The van der Waals surface area contributed by atoms with E-state index in [0.29, 0.717) is 20.8 Å². The summed E-state index contributed by atoms with van der Waals surface area (Å²) >= 11 is 16.9. The highest BCUT2D eigenvalue weighted by molar-refractivity contribution is 6.48. The van der Waals surface area contributed by atoms with Crippen LogP contribution in [0.3, 0.4) is 0 Å². The Morgan fingerprint density at radius 2 is 1.55 bits per heavy atom. The van der Waals surface area contributed by atoms with Gasteiger partial charge in [-0.1, -0.05) is 34.8 Å². The second-order valence-corrected chi connectivity index (χ2v) is 3.03. The van der Waals surface area contributed by atoms with Gasteiger partial charge in [0.1, 0.15) is 0 Å². The van der Waals surface area contributed by atoms with Crippen LogP contribution in [-0.2, 0) is 0 Å². The molecule has 1 aromatic carbocycles. The van der Waals surface area contributed by atoms with Crippen molar-refractivity contribution in [3.8, 4) is 0 Å². The molecule has 0 aromatic heterocycles. The highest BCUT2D eigenvalue weighted by atomic mass is 35.5. The topological polar surface area (TPSA) is 4.36 Å². The van der Waals surface area contributed by atoms with Gasteiger partial charge in [-0.2, -0.15) is 0 Å². The van der Waals surface area contributed by atoms with E-state index in [2.05, 4.69) is 4.85 Å². The highest BCUT2D eigenvalue weighted by Crippen LogP contribution is 2.33. The van der Waals surface area contributed by atoms with Gasteiger partial charge < -0.3 is 0 Å². The van der Waals surface area contributed by atoms with Crippen LogP contribution in [0.2, 0.25) is 15.1 Å². The van der Waals surface area contributed by atoms with Crippen molar-refractivity contribution in [1.82, 2.24) is 0 Å². The molecule has 0 saturated carbocycles. The lowest BCUT2D eigenvalue weighted by Gasteiger charge is -1.97. The van der Waals surface area contributed by atoms with E-state index in [9.17, 15) is 0 Å². The van der Waals surface area contributed by atoms with Crippen LogP contribution in [0.1, 0.15) is 0 Å². The van der Waals surface area contributed by atoms with E-state index in [0.717, 1.165) is 0 Å². The van der Waals surface area contributed by atoms with Crippen LogP contribution >= 0.6 is 34.8 Å². The molecule has 0 N–H and O–H groups in total. The van der Waals surface area contributed by atoms with Crippen molar-refractivity contribution in [3.63, 3.8) is 0 Å². The Hall–Kier alpha value is -0.420. The standard InChI is InChI=1S/C7H2Cl3N/c1-11-4-2-5(8)7(10)6(9)3-4/h2-3H. The minimum Gasteiger partial charge on any atom is -0.238 e. The minimum atomic E-state index is 0.292. The predicted octanol–water partition coefficient (Wildman–Crippen LogP) is 4.20. The predicted molar refractivity (Wildman–Crippen MR) is 47.7 cm³/mol. The molecule has 56 valence electrons. The molecular formula is C7H2Cl3N. The molecule has 0 radical (unpaired) electrons. The van der Waals surface area contributed by atoms with E-state index in [1.807, 2.05) is 0 Å². The van der Waals surface area contributed by atoms with E-state index >= 15 is 0 Å². The zero-order valence-corrected chi connectivity index (χ0v) is 7.50. The first kappa shape index (κ1) is 8.67. The summed E-state index contributed by atoms with van der Waals surface area (Å²) in [4.78, 5) is 3.16. The van der Waals surface area contributed by atoms with Gasteiger partial charge in [-0.25, -0.2) is 4.85 Å². The molecule has 11 heavy (non-hydrogen) atoms. The van der Waals surface area contributed by atoms with Crippen LogP contribution in [0.15, 0.2) is 12.1 Å². The molecular weight excluding hydrogens is 204 g/mol. The van der Waals surface area contributed by atoms with E-state index in [-0.39, 0.29) is 0 Å². The maximum Gasteiger partial charge on any atom is 0.190 e. The van der Waals surface area contributed by atoms with Gasteiger partial charge in [0.25, 0.3) is 0 Å². The first-order chi connectivity index (χ1) is 5.15. The van der Waals surface area contributed by atoms with E-state index in [1.54, 1.807) is 0 Å². The quantitative estimate of drug-likeness (QED) is 0.443. The summed E-state index contributed by atoms with van der Waals surface area (Å²) in [6, 6.07) is 2.95. The van der Waals surface area contributed by atoms with Crippen LogP contribution < -0.4 is 0 Å². The second kappa shape index (κ2) is 3.32. The summed E-state index contributed by atoms with van der Waals surface area (Å²) in [5.74, 6) is 0. The largest absolute Gasteiger partial charge is 0.238 e. The third-order valence-electron chi connectivity index (χ3n) is 1.10. The van der Waals surface area contributed by atoms with Gasteiger partial charge >= 0.3 is 0 Å². The fraction of sp³-hybridized carbons (Fsp3) is 0. The van der Waals surface area contributed by atoms with Gasteiger partial charge in [0.15, 0.2) is 5.69 Å². The molecule has 1 aromatic rings. The number of benzene rings is 1. The molecule has 0 unspecified atom stereocenters. The monoisotopic (exact) mass is 205 g/mol. The molecule has 0 aliphatic carbocycles. The van der Waals surface area contributed by atoms with Gasteiger partial charge in [0, 0.05) is 0 Å². The van der Waals surface area contributed by atoms with Gasteiger partial charge in [0.2, 0.25) is 0 Å². The van der Waals surface area contributed by atoms with Crippen molar-refractivity contribution in [1.29, 1.82) is 0 Å². The molecule has 1 nitrogen and oxygen atoms in total. The molecule has 0 atom stereocenters. The minimum absolute atomic E-state index is 0.292. The number of rotatable bonds is 0. The molecule has 0 fully saturated rings. The summed E-state index contributed by atoms with van der Waals surface area (Å²) in [6.45, 7) is 6.67. The molecule has 4 heteroatoms. The normalized spacial score (nSPS) is 9.27. The molecule has 1 rings (SSSR count). The summed E-state index contributed by atoms with van der Waals surface area (Å²) < 4.78 is 0. The van der Waals surface area contributed by atoms with Crippen molar-refractivity contribution in [3.05, 3.63) is 38.6 Å².